The van der Waals surface area contributed by atoms with E-state index in [0.717, 1.165) is 17.9 Å². The van der Waals surface area contributed by atoms with Crippen LogP contribution in [-0.4, -0.2) is 32.7 Å². The molecule has 138 valence electrons. The highest BCUT2D eigenvalue weighted by Gasteiger charge is 2.22. The average molecular weight is 396 g/mol. The topological polar surface area (TPSA) is 89.5 Å². The van der Waals surface area contributed by atoms with Crippen molar-refractivity contribution in [1.29, 1.82) is 0 Å². The van der Waals surface area contributed by atoms with Gasteiger partial charge in [0, 0.05) is 12.8 Å². The molecule has 0 aliphatic rings. The molecule has 0 unspecified atom stereocenters. The summed E-state index contributed by atoms with van der Waals surface area (Å²) in [5.41, 5.74) is 0.792. The lowest BCUT2D eigenvalue weighted by atomic mass is 10.2. The monoisotopic (exact) mass is 395 g/mol. The number of carbonyl (C=O) groups excluding carboxylic acids is 2. The maximum atomic E-state index is 12.3. The third-order valence-corrected chi connectivity index (χ3v) is 4.99. The molecule has 0 aliphatic carbocycles. The molecule has 0 spiro atoms. The molecule has 1 atom stereocenters. The molecule has 0 fully saturated rings. The minimum atomic E-state index is -3.51. The predicted octanol–water partition coefficient (Wildman–Crippen LogP) is 2.61. The molecule has 1 amide bonds. The molecule has 8 heteroatoms. The van der Waals surface area contributed by atoms with E-state index in [2.05, 4.69) is 5.32 Å². The number of esters is 1. The summed E-state index contributed by atoms with van der Waals surface area (Å²) < 4.78 is 28.3. The van der Waals surface area contributed by atoms with Crippen molar-refractivity contribution >= 4 is 33.3 Å². The van der Waals surface area contributed by atoms with Gasteiger partial charge in [0.1, 0.15) is 0 Å². The molecule has 2 aromatic carbocycles. The van der Waals surface area contributed by atoms with Crippen molar-refractivity contribution in [1.82, 2.24) is 5.32 Å². The molecular formula is C18H18ClNO5S. The first kappa shape index (κ1) is 19.9. The van der Waals surface area contributed by atoms with Crippen molar-refractivity contribution in [2.45, 2.75) is 24.5 Å². The molecule has 0 aromatic heterocycles. The van der Waals surface area contributed by atoms with Gasteiger partial charge in [0.15, 0.2) is 15.9 Å². The number of amides is 1. The Morgan fingerprint density at radius 1 is 1.15 bits per heavy atom. The first-order chi connectivity index (χ1) is 12.2. The molecular weight excluding hydrogens is 378 g/mol. The van der Waals surface area contributed by atoms with E-state index in [-0.39, 0.29) is 15.5 Å². The Kier molecular flexibility index (Phi) is 6.39. The molecule has 0 heterocycles. The third-order valence-electron chi connectivity index (χ3n) is 3.55. The lowest BCUT2D eigenvalue weighted by Crippen LogP contribution is -2.35. The van der Waals surface area contributed by atoms with Crippen LogP contribution in [-0.2, 0) is 25.9 Å². The van der Waals surface area contributed by atoms with Gasteiger partial charge in [-0.3, -0.25) is 4.79 Å². The van der Waals surface area contributed by atoms with Gasteiger partial charge < -0.3 is 10.1 Å². The summed E-state index contributed by atoms with van der Waals surface area (Å²) in [6, 6.07) is 13.0. The van der Waals surface area contributed by atoms with Gasteiger partial charge in [0.25, 0.3) is 5.91 Å². The maximum Gasteiger partial charge on any atom is 0.340 e. The van der Waals surface area contributed by atoms with Gasteiger partial charge >= 0.3 is 5.97 Å². The van der Waals surface area contributed by atoms with Crippen molar-refractivity contribution in [3.8, 4) is 0 Å². The summed E-state index contributed by atoms with van der Waals surface area (Å²) in [4.78, 5) is 24.3. The fourth-order valence-electron chi connectivity index (χ4n) is 2.10. The average Bonchev–Trinajstić information content (AvgIpc) is 2.59. The highest BCUT2D eigenvalue weighted by molar-refractivity contribution is 7.90. The zero-order valence-corrected chi connectivity index (χ0v) is 15.8. The predicted molar refractivity (Wildman–Crippen MR) is 97.7 cm³/mol. The molecule has 6 nitrogen and oxygen atoms in total. The van der Waals surface area contributed by atoms with Crippen LogP contribution in [0, 0.1) is 0 Å². The van der Waals surface area contributed by atoms with Crippen molar-refractivity contribution in [3.05, 3.63) is 64.7 Å². The number of sulfone groups is 1. The van der Waals surface area contributed by atoms with Gasteiger partial charge in [0.2, 0.25) is 0 Å². The van der Waals surface area contributed by atoms with E-state index in [4.69, 9.17) is 16.3 Å². The summed E-state index contributed by atoms with van der Waals surface area (Å²) >= 11 is 5.95. The van der Waals surface area contributed by atoms with E-state index in [0.29, 0.717) is 6.54 Å². The van der Waals surface area contributed by atoms with Crippen LogP contribution in [0.2, 0.25) is 5.02 Å². The standard InChI is InChI=1S/C18H18ClNO5S/c1-12(17(21)20-11-13-6-4-3-5-7-13)25-18(22)15-10-14(26(2,23)24)8-9-16(15)19/h3-10,12H,11H2,1-2H3,(H,20,21)/t12-/m0/s1. The van der Waals surface area contributed by atoms with Gasteiger partial charge in [-0.15, -0.1) is 0 Å². The Hall–Kier alpha value is -2.38. The molecule has 0 aliphatic heterocycles. The van der Waals surface area contributed by atoms with Crippen LogP contribution < -0.4 is 5.32 Å². The van der Waals surface area contributed by atoms with Crippen LogP contribution in [0.15, 0.2) is 53.4 Å². The van der Waals surface area contributed by atoms with Gasteiger partial charge in [-0.1, -0.05) is 41.9 Å². The number of rotatable bonds is 6. The number of ether oxygens (including phenoxy) is 1. The molecule has 0 saturated carbocycles. The van der Waals surface area contributed by atoms with Crippen LogP contribution in [0.25, 0.3) is 0 Å². The fourth-order valence-corrected chi connectivity index (χ4v) is 2.94. The van der Waals surface area contributed by atoms with E-state index in [1.165, 1.54) is 19.1 Å². The number of hydrogen-bond donors (Lipinski definition) is 1. The van der Waals surface area contributed by atoms with Gasteiger partial charge in [-0.2, -0.15) is 0 Å². The molecule has 2 rings (SSSR count). The SMILES string of the molecule is C[C@H](OC(=O)c1cc(S(C)(=O)=O)ccc1Cl)C(=O)NCc1ccccc1. The number of carbonyl (C=O) groups is 2. The quantitative estimate of drug-likeness (QED) is 0.759. The Labute approximate surface area is 157 Å². The van der Waals surface area contributed by atoms with E-state index < -0.39 is 27.8 Å². The molecule has 0 bridgehead atoms. The van der Waals surface area contributed by atoms with E-state index in [1.54, 1.807) is 0 Å². The number of hydrogen-bond acceptors (Lipinski definition) is 5. The Bertz CT molecular complexity index is 912. The van der Waals surface area contributed by atoms with E-state index in [1.807, 2.05) is 30.3 Å². The lowest BCUT2D eigenvalue weighted by Gasteiger charge is -2.14. The van der Waals surface area contributed by atoms with E-state index in [9.17, 15) is 18.0 Å². The highest BCUT2D eigenvalue weighted by Crippen LogP contribution is 2.22. The summed E-state index contributed by atoms with van der Waals surface area (Å²) in [6.45, 7) is 1.72. The van der Waals surface area contributed by atoms with Crippen LogP contribution in [0.5, 0.6) is 0 Å². The Morgan fingerprint density at radius 2 is 1.81 bits per heavy atom. The third kappa shape index (κ3) is 5.31. The number of benzene rings is 2. The van der Waals surface area contributed by atoms with Gasteiger partial charge in [-0.05, 0) is 30.7 Å². The fraction of sp³-hybridized carbons (Fsp3) is 0.222. The number of halogens is 1. The molecule has 2 aromatic rings. The Morgan fingerprint density at radius 3 is 2.42 bits per heavy atom. The second-order valence-corrected chi connectivity index (χ2v) is 8.09. The van der Waals surface area contributed by atoms with Gasteiger partial charge in [-0.25, -0.2) is 13.2 Å². The van der Waals surface area contributed by atoms with E-state index >= 15 is 0 Å². The second kappa shape index (κ2) is 8.33. The molecule has 0 radical (unpaired) electrons. The van der Waals surface area contributed by atoms with Crippen LogP contribution >= 0.6 is 11.6 Å². The van der Waals surface area contributed by atoms with Crippen LogP contribution in [0.4, 0.5) is 0 Å². The van der Waals surface area contributed by atoms with Crippen molar-refractivity contribution < 1.29 is 22.7 Å². The maximum absolute atomic E-state index is 12.3. The minimum Gasteiger partial charge on any atom is -0.449 e. The van der Waals surface area contributed by atoms with Crippen molar-refractivity contribution in [2.24, 2.45) is 0 Å². The van der Waals surface area contributed by atoms with Gasteiger partial charge in [0.05, 0.1) is 15.5 Å². The first-order valence-corrected chi connectivity index (χ1v) is 9.97. The first-order valence-electron chi connectivity index (χ1n) is 7.70. The summed E-state index contributed by atoms with van der Waals surface area (Å²) in [5, 5.41) is 2.70. The zero-order chi connectivity index (χ0) is 19.3. The Balaban J connectivity index is 2.03. The summed E-state index contributed by atoms with van der Waals surface area (Å²) in [6.07, 6.45) is -0.0467. The lowest BCUT2D eigenvalue weighted by molar-refractivity contribution is -0.129. The molecule has 26 heavy (non-hydrogen) atoms. The smallest absolute Gasteiger partial charge is 0.340 e. The summed E-state index contributed by atoms with van der Waals surface area (Å²) in [5.74, 6) is -1.35. The van der Waals surface area contributed by atoms with Crippen molar-refractivity contribution in [2.75, 3.05) is 6.26 Å². The van der Waals surface area contributed by atoms with Crippen LogP contribution in [0.3, 0.4) is 0 Å². The zero-order valence-electron chi connectivity index (χ0n) is 14.2. The summed E-state index contributed by atoms with van der Waals surface area (Å²) in [7, 11) is -3.51. The normalized spacial score (nSPS) is 12.3. The second-order valence-electron chi connectivity index (χ2n) is 5.66. The largest absolute Gasteiger partial charge is 0.449 e. The van der Waals surface area contributed by atoms with Crippen LogP contribution in [0.1, 0.15) is 22.8 Å². The highest BCUT2D eigenvalue weighted by atomic mass is 35.5. The molecule has 0 saturated heterocycles. The molecule has 1 N–H and O–H groups in total. The number of nitrogens with one attached hydrogen (secondary N) is 1. The minimum absolute atomic E-state index is 0.0410. The van der Waals surface area contributed by atoms with Crippen molar-refractivity contribution in [3.63, 3.8) is 0 Å².